The maximum absolute atomic E-state index is 11.2. The third kappa shape index (κ3) is 3.21. The van der Waals surface area contributed by atoms with Crippen molar-refractivity contribution in [2.45, 2.75) is 6.10 Å². The highest BCUT2D eigenvalue weighted by atomic mass is 16.5. The highest BCUT2D eigenvalue weighted by Crippen LogP contribution is 2.20. The number of nitrogens with zero attached hydrogens (tertiary/aromatic N) is 1. The fourth-order valence-corrected chi connectivity index (χ4v) is 2.05. The lowest BCUT2D eigenvalue weighted by molar-refractivity contribution is -0.124. The van der Waals surface area contributed by atoms with Crippen LogP contribution in [0.3, 0.4) is 0 Å². The number of piperazine rings is 1. The molecule has 0 aliphatic carbocycles. The number of hydrogen-bond acceptors (Lipinski definition) is 4. The highest BCUT2D eigenvalue weighted by Gasteiger charge is 2.19. The number of hydrogen-bond donors (Lipinski definition) is 2. The van der Waals surface area contributed by atoms with Crippen molar-refractivity contribution in [2.75, 3.05) is 33.3 Å². The van der Waals surface area contributed by atoms with E-state index in [1.54, 1.807) is 7.11 Å². The Morgan fingerprint density at radius 1 is 1.56 bits per heavy atom. The number of aliphatic hydroxyl groups excluding tert-OH is 1. The van der Waals surface area contributed by atoms with Gasteiger partial charge in [-0.1, -0.05) is 12.1 Å². The lowest BCUT2D eigenvalue weighted by Crippen LogP contribution is -2.48. The van der Waals surface area contributed by atoms with E-state index in [-0.39, 0.29) is 5.91 Å². The number of aliphatic hydroxyl groups is 1. The largest absolute Gasteiger partial charge is 0.497 e. The molecule has 1 aromatic rings. The number of methoxy groups -OCH3 is 1. The van der Waals surface area contributed by atoms with Crippen molar-refractivity contribution in [2.24, 2.45) is 0 Å². The number of β-amino-alcohol motifs (C(OH)–C–C–N with tert-alkyl or cyclic N) is 1. The van der Waals surface area contributed by atoms with Crippen LogP contribution in [0, 0.1) is 0 Å². The zero-order chi connectivity index (χ0) is 13.0. The first-order chi connectivity index (χ1) is 8.69. The molecule has 1 atom stereocenters. The van der Waals surface area contributed by atoms with Crippen LogP contribution in [0.5, 0.6) is 5.75 Å². The third-order valence-corrected chi connectivity index (χ3v) is 3.03. The van der Waals surface area contributed by atoms with Gasteiger partial charge in [0.25, 0.3) is 0 Å². The molecule has 1 fully saturated rings. The summed E-state index contributed by atoms with van der Waals surface area (Å²) < 4.78 is 5.12. The van der Waals surface area contributed by atoms with Crippen LogP contribution in [0.2, 0.25) is 0 Å². The van der Waals surface area contributed by atoms with Gasteiger partial charge in [0.1, 0.15) is 5.75 Å². The Morgan fingerprint density at radius 2 is 2.39 bits per heavy atom. The van der Waals surface area contributed by atoms with Crippen molar-refractivity contribution in [3.05, 3.63) is 29.8 Å². The molecule has 0 aromatic heterocycles. The van der Waals surface area contributed by atoms with Gasteiger partial charge in [0.15, 0.2) is 0 Å². The summed E-state index contributed by atoms with van der Waals surface area (Å²) in [6.07, 6.45) is -0.606. The summed E-state index contributed by atoms with van der Waals surface area (Å²) in [5.41, 5.74) is 0.806. The smallest absolute Gasteiger partial charge is 0.234 e. The van der Waals surface area contributed by atoms with E-state index in [9.17, 15) is 9.90 Å². The quantitative estimate of drug-likeness (QED) is 0.799. The van der Waals surface area contributed by atoms with Crippen molar-refractivity contribution >= 4 is 5.91 Å². The summed E-state index contributed by atoms with van der Waals surface area (Å²) in [7, 11) is 1.60. The second-order valence-electron chi connectivity index (χ2n) is 4.38. The van der Waals surface area contributed by atoms with E-state index in [1.807, 2.05) is 29.2 Å². The molecule has 1 heterocycles. The molecule has 18 heavy (non-hydrogen) atoms. The molecule has 5 nitrogen and oxygen atoms in total. The normalized spacial score (nSPS) is 18.2. The standard InChI is InChI=1S/C13H18N2O3/c1-18-11-4-2-3-10(7-11)12(16)8-15-6-5-14-13(17)9-15/h2-4,7,12,16H,5-6,8-9H2,1H3,(H,14,17). The van der Waals surface area contributed by atoms with Crippen LogP contribution < -0.4 is 10.1 Å². The molecule has 1 aliphatic heterocycles. The summed E-state index contributed by atoms with van der Waals surface area (Å²) in [5.74, 6) is 0.738. The molecule has 1 amide bonds. The summed E-state index contributed by atoms with van der Waals surface area (Å²) >= 11 is 0. The van der Waals surface area contributed by atoms with E-state index < -0.39 is 6.10 Å². The van der Waals surface area contributed by atoms with Gasteiger partial charge in [0, 0.05) is 19.6 Å². The molecule has 1 saturated heterocycles. The van der Waals surface area contributed by atoms with E-state index in [0.29, 0.717) is 19.6 Å². The predicted octanol–water partition coefficient (Wildman–Crippen LogP) is 0.160. The fourth-order valence-electron chi connectivity index (χ4n) is 2.05. The molecule has 1 aromatic carbocycles. The molecule has 98 valence electrons. The number of rotatable bonds is 4. The van der Waals surface area contributed by atoms with Crippen LogP contribution in [0.25, 0.3) is 0 Å². The maximum atomic E-state index is 11.2. The maximum Gasteiger partial charge on any atom is 0.234 e. The lowest BCUT2D eigenvalue weighted by Gasteiger charge is -2.28. The minimum atomic E-state index is -0.606. The number of ether oxygens (including phenoxy) is 1. The average Bonchev–Trinajstić information content (AvgIpc) is 2.39. The number of carbonyl (C=O) groups excluding carboxylic acids is 1. The molecule has 1 aliphatic rings. The molecular weight excluding hydrogens is 232 g/mol. The Hall–Kier alpha value is -1.59. The van der Waals surface area contributed by atoms with Crippen LogP contribution in [0.1, 0.15) is 11.7 Å². The van der Waals surface area contributed by atoms with E-state index in [2.05, 4.69) is 5.32 Å². The van der Waals surface area contributed by atoms with Crippen molar-refractivity contribution in [3.63, 3.8) is 0 Å². The van der Waals surface area contributed by atoms with Crippen LogP contribution >= 0.6 is 0 Å². The summed E-state index contributed by atoms with van der Waals surface area (Å²) in [6.45, 7) is 2.22. The van der Waals surface area contributed by atoms with Gasteiger partial charge in [-0.15, -0.1) is 0 Å². The topological polar surface area (TPSA) is 61.8 Å². The Labute approximate surface area is 106 Å². The van der Waals surface area contributed by atoms with Gasteiger partial charge in [-0.05, 0) is 17.7 Å². The van der Waals surface area contributed by atoms with Crippen LogP contribution in [0.4, 0.5) is 0 Å². The van der Waals surface area contributed by atoms with Gasteiger partial charge in [-0.2, -0.15) is 0 Å². The van der Waals surface area contributed by atoms with Gasteiger partial charge in [0.2, 0.25) is 5.91 Å². The molecule has 2 rings (SSSR count). The van der Waals surface area contributed by atoms with Crippen LogP contribution in [-0.4, -0.2) is 49.2 Å². The monoisotopic (exact) mass is 250 g/mol. The number of carbonyl (C=O) groups is 1. The molecule has 0 bridgehead atoms. The van der Waals surface area contributed by atoms with E-state index in [4.69, 9.17) is 4.74 Å². The first kappa shape index (κ1) is 12.9. The van der Waals surface area contributed by atoms with Gasteiger partial charge in [-0.3, -0.25) is 9.69 Å². The van der Waals surface area contributed by atoms with E-state index in [1.165, 1.54) is 0 Å². The van der Waals surface area contributed by atoms with Gasteiger partial charge in [0.05, 0.1) is 19.8 Å². The Morgan fingerprint density at radius 3 is 3.11 bits per heavy atom. The number of amides is 1. The second-order valence-corrected chi connectivity index (χ2v) is 4.38. The van der Waals surface area contributed by atoms with E-state index in [0.717, 1.165) is 17.9 Å². The highest BCUT2D eigenvalue weighted by molar-refractivity contribution is 5.78. The van der Waals surface area contributed by atoms with E-state index >= 15 is 0 Å². The minimum Gasteiger partial charge on any atom is -0.497 e. The average molecular weight is 250 g/mol. The van der Waals surface area contributed by atoms with Crippen molar-refractivity contribution in [1.29, 1.82) is 0 Å². The molecule has 1 unspecified atom stereocenters. The Kier molecular flexibility index (Phi) is 4.17. The molecule has 5 heteroatoms. The zero-order valence-corrected chi connectivity index (χ0v) is 10.4. The number of nitrogens with one attached hydrogen (secondary N) is 1. The van der Waals surface area contributed by atoms with Gasteiger partial charge in [-0.25, -0.2) is 0 Å². The summed E-state index contributed by atoms with van der Waals surface area (Å²) in [6, 6.07) is 7.36. The van der Waals surface area contributed by atoms with Crippen LogP contribution in [-0.2, 0) is 4.79 Å². The Bertz CT molecular complexity index is 422. The lowest BCUT2D eigenvalue weighted by atomic mass is 10.1. The Balaban J connectivity index is 1.97. The minimum absolute atomic E-state index is 0.0130. The first-order valence-corrected chi connectivity index (χ1v) is 6.00. The number of benzene rings is 1. The SMILES string of the molecule is COc1cccc(C(O)CN2CCNC(=O)C2)c1. The predicted molar refractivity (Wildman–Crippen MR) is 67.4 cm³/mol. The molecule has 0 saturated carbocycles. The first-order valence-electron chi connectivity index (χ1n) is 6.00. The third-order valence-electron chi connectivity index (χ3n) is 3.03. The molecule has 2 N–H and O–H groups in total. The van der Waals surface area contributed by atoms with Crippen molar-refractivity contribution in [1.82, 2.24) is 10.2 Å². The van der Waals surface area contributed by atoms with Gasteiger partial charge >= 0.3 is 0 Å². The zero-order valence-electron chi connectivity index (χ0n) is 10.4. The summed E-state index contributed by atoms with van der Waals surface area (Å²) in [4.78, 5) is 13.2. The molecular formula is C13H18N2O3. The van der Waals surface area contributed by atoms with Gasteiger partial charge < -0.3 is 15.2 Å². The van der Waals surface area contributed by atoms with Crippen LogP contribution in [0.15, 0.2) is 24.3 Å². The van der Waals surface area contributed by atoms with Crippen molar-refractivity contribution in [3.8, 4) is 5.75 Å². The van der Waals surface area contributed by atoms with Crippen molar-refractivity contribution < 1.29 is 14.6 Å². The summed E-state index contributed by atoms with van der Waals surface area (Å²) in [5, 5.41) is 12.9. The fraction of sp³-hybridized carbons (Fsp3) is 0.462. The molecule has 0 radical (unpaired) electrons. The molecule has 0 spiro atoms. The second kappa shape index (κ2) is 5.84.